The van der Waals surface area contributed by atoms with E-state index in [-0.39, 0.29) is 0 Å². The summed E-state index contributed by atoms with van der Waals surface area (Å²) in [5.41, 5.74) is 1.30. The Morgan fingerprint density at radius 3 is 3.10 bits per heavy atom. The van der Waals surface area contributed by atoms with Crippen molar-refractivity contribution in [2.24, 2.45) is 5.92 Å². The van der Waals surface area contributed by atoms with Crippen LogP contribution in [-0.4, -0.2) is 37.7 Å². The first kappa shape index (κ1) is 14.4. The molecule has 20 heavy (non-hydrogen) atoms. The highest BCUT2D eigenvalue weighted by Crippen LogP contribution is 2.34. The van der Waals surface area contributed by atoms with E-state index in [1.54, 1.807) is 0 Å². The van der Waals surface area contributed by atoms with E-state index in [1.807, 2.05) is 0 Å². The molecule has 2 aliphatic rings. The summed E-state index contributed by atoms with van der Waals surface area (Å²) in [4.78, 5) is 2.54. The zero-order valence-corrected chi connectivity index (χ0v) is 13.7. The maximum Gasteiger partial charge on any atom is 0.124 e. The van der Waals surface area contributed by atoms with Gasteiger partial charge in [0.1, 0.15) is 5.75 Å². The second-order valence-electron chi connectivity index (χ2n) is 5.83. The zero-order valence-electron chi connectivity index (χ0n) is 12.1. The first-order valence-electron chi connectivity index (χ1n) is 7.64. The smallest absolute Gasteiger partial charge is 0.124 e. The normalized spacial score (nSPS) is 26.3. The van der Waals surface area contributed by atoms with Crippen LogP contribution >= 0.6 is 15.9 Å². The highest BCUT2D eigenvalue weighted by molar-refractivity contribution is 9.10. The molecule has 2 aliphatic heterocycles. The number of rotatable bonds is 4. The third-order valence-electron chi connectivity index (χ3n) is 4.48. The Balaban J connectivity index is 1.60. The number of likely N-dealkylation sites (tertiary alicyclic amines) is 1. The average Bonchev–Trinajstić information content (AvgIpc) is 2.93. The molecule has 110 valence electrons. The summed E-state index contributed by atoms with van der Waals surface area (Å²) in [5.74, 6) is 1.84. The summed E-state index contributed by atoms with van der Waals surface area (Å²) >= 11 is 3.56. The topological polar surface area (TPSA) is 24.5 Å². The quantitative estimate of drug-likeness (QED) is 0.912. The lowest BCUT2D eigenvalue weighted by Crippen LogP contribution is -2.32. The van der Waals surface area contributed by atoms with Crippen molar-refractivity contribution in [3.05, 3.63) is 28.2 Å². The third kappa shape index (κ3) is 3.18. The van der Waals surface area contributed by atoms with E-state index < -0.39 is 0 Å². The van der Waals surface area contributed by atoms with Gasteiger partial charge in [0.15, 0.2) is 0 Å². The molecule has 0 aromatic heterocycles. The van der Waals surface area contributed by atoms with Crippen LogP contribution in [0.4, 0.5) is 0 Å². The summed E-state index contributed by atoms with van der Waals surface area (Å²) in [6.45, 7) is 7.88. The molecule has 4 heteroatoms. The van der Waals surface area contributed by atoms with Gasteiger partial charge in [0, 0.05) is 29.0 Å². The van der Waals surface area contributed by atoms with E-state index in [2.05, 4.69) is 51.3 Å². The molecule has 0 radical (unpaired) electrons. The fraction of sp³-hybridized carbons (Fsp3) is 0.625. The molecule has 3 rings (SSSR count). The first-order chi connectivity index (χ1) is 9.76. The Hall–Kier alpha value is -0.580. The lowest BCUT2D eigenvalue weighted by molar-refractivity contribution is 0.247. The van der Waals surface area contributed by atoms with Crippen LogP contribution in [0.3, 0.4) is 0 Å². The molecule has 0 bridgehead atoms. The fourth-order valence-electron chi connectivity index (χ4n) is 3.25. The van der Waals surface area contributed by atoms with Gasteiger partial charge in [0.25, 0.3) is 0 Å². The molecule has 0 saturated carbocycles. The van der Waals surface area contributed by atoms with Crippen molar-refractivity contribution in [3.8, 4) is 5.75 Å². The van der Waals surface area contributed by atoms with Gasteiger partial charge in [-0.1, -0.05) is 22.9 Å². The molecule has 2 atom stereocenters. The number of hydrogen-bond donors (Lipinski definition) is 1. The predicted molar refractivity (Wildman–Crippen MR) is 85.2 cm³/mol. The summed E-state index contributed by atoms with van der Waals surface area (Å²) in [5, 5.41) is 3.76. The molecule has 1 fully saturated rings. The van der Waals surface area contributed by atoms with Gasteiger partial charge in [0.2, 0.25) is 0 Å². The molecule has 0 amide bonds. The number of ether oxygens (including phenoxy) is 1. The van der Waals surface area contributed by atoms with E-state index >= 15 is 0 Å². The molecular formula is C16H23BrN2O. The fourth-order valence-corrected chi connectivity index (χ4v) is 3.63. The minimum Gasteiger partial charge on any atom is -0.493 e. The van der Waals surface area contributed by atoms with Crippen molar-refractivity contribution >= 4 is 15.9 Å². The zero-order chi connectivity index (χ0) is 13.9. The molecule has 1 aromatic rings. The van der Waals surface area contributed by atoms with Crippen molar-refractivity contribution < 1.29 is 4.74 Å². The van der Waals surface area contributed by atoms with Crippen LogP contribution in [-0.2, 0) is 0 Å². The Bertz CT molecular complexity index is 466. The predicted octanol–water partition coefficient (Wildman–Crippen LogP) is 3.20. The van der Waals surface area contributed by atoms with Crippen molar-refractivity contribution in [1.29, 1.82) is 0 Å². The van der Waals surface area contributed by atoms with Gasteiger partial charge in [-0.3, -0.25) is 0 Å². The standard InChI is InChI=1S/C16H23BrN2O/c1-2-19-7-5-12(11-19)10-18-15-6-8-20-16-4-3-13(17)9-14(15)16/h3-4,9,12,15,18H,2,5-8,10-11H2,1H3. The molecule has 2 heterocycles. The van der Waals surface area contributed by atoms with Crippen LogP contribution in [0, 0.1) is 5.92 Å². The van der Waals surface area contributed by atoms with E-state index in [0.717, 1.165) is 35.7 Å². The first-order valence-corrected chi connectivity index (χ1v) is 8.43. The van der Waals surface area contributed by atoms with Gasteiger partial charge in [-0.15, -0.1) is 0 Å². The van der Waals surface area contributed by atoms with Crippen LogP contribution in [0.15, 0.2) is 22.7 Å². The van der Waals surface area contributed by atoms with Crippen LogP contribution in [0.5, 0.6) is 5.75 Å². The number of fused-ring (bicyclic) bond motifs is 1. The number of hydrogen-bond acceptors (Lipinski definition) is 3. The van der Waals surface area contributed by atoms with Gasteiger partial charge in [-0.05, 0) is 50.2 Å². The van der Waals surface area contributed by atoms with E-state index in [9.17, 15) is 0 Å². The molecular weight excluding hydrogens is 316 g/mol. The van der Waals surface area contributed by atoms with Gasteiger partial charge < -0.3 is 15.0 Å². The maximum atomic E-state index is 5.75. The average molecular weight is 339 g/mol. The molecule has 2 unspecified atom stereocenters. The van der Waals surface area contributed by atoms with Gasteiger partial charge in [-0.2, -0.15) is 0 Å². The highest BCUT2D eigenvalue weighted by atomic mass is 79.9. The number of nitrogens with one attached hydrogen (secondary N) is 1. The number of nitrogens with zero attached hydrogens (tertiary/aromatic N) is 1. The lowest BCUT2D eigenvalue weighted by atomic mass is 9.99. The summed E-state index contributed by atoms with van der Waals surface area (Å²) in [6.07, 6.45) is 2.39. The van der Waals surface area contributed by atoms with Crippen LogP contribution in [0.25, 0.3) is 0 Å². The van der Waals surface area contributed by atoms with Gasteiger partial charge in [0.05, 0.1) is 6.61 Å². The summed E-state index contributed by atoms with van der Waals surface area (Å²) in [7, 11) is 0. The lowest BCUT2D eigenvalue weighted by Gasteiger charge is -2.28. The van der Waals surface area contributed by atoms with Crippen molar-refractivity contribution in [1.82, 2.24) is 10.2 Å². The Kier molecular flexibility index (Phi) is 4.64. The summed E-state index contributed by atoms with van der Waals surface area (Å²) in [6, 6.07) is 6.75. The molecule has 3 nitrogen and oxygen atoms in total. The largest absolute Gasteiger partial charge is 0.493 e. The number of benzene rings is 1. The maximum absolute atomic E-state index is 5.75. The molecule has 1 N–H and O–H groups in total. The van der Waals surface area contributed by atoms with E-state index in [4.69, 9.17) is 4.74 Å². The number of halogens is 1. The van der Waals surface area contributed by atoms with Gasteiger partial charge >= 0.3 is 0 Å². The van der Waals surface area contributed by atoms with Crippen molar-refractivity contribution in [2.45, 2.75) is 25.8 Å². The Morgan fingerprint density at radius 1 is 1.40 bits per heavy atom. The van der Waals surface area contributed by atoms with E-state index in [0.29, 0.717) is 6.04 Å². The third-order valence-corrected chi connectivity index (χ3v) is 4.97. The Labute approximate surface area is 129 Å². The van der Waals surface area contributed by atoms with Gasteiger partial charge in [-0.25, -0.2) is 0 Å². The van der Waals surface area contributed by atoms with E-state index in [1.165, 1.54) is 31.6 Å². The van der Waals surface area contributed by atoms with Crippen LogP contribution < -0.4 is 10.1 Å². The van der Waals surface area contributed by atoms with Crippen molar-refractivity contribution in [2.75, 3.05) is 32.8 Å². The van der Waals surface area contributed by atoms with Crippen LogP contribution in [0.1, 0.15) is 31.4 Å². The minimum atomic E-state index is 0.437. The second-order valence-corrected chi connectivity index (χ2v) is 6.74. The van der Waals surface area contributed by atoms with Crippen molar-refractivity contribution in [3.63, 3.8) is 0 Å². The monoisotopic (exact) mass is 338 g/mol. The molecule has 0 aliphatic carbocycles. The highest BCUT2D eigenvalue weighted by Gasteiger charge is 2.25. The summed E-state index contributed by atoms with van der Waals surface area (Å²) < 4.78 is 6.88. The SMILES string of the molecule is CCN1CCC(CNC2CCOc3ccc(Br)cc32)C1. The minimum absolute atomic E-state index is 0.437. The Morgan fingerprint density at radius 2 is 2.30 bits per heavy atom. The molecule has 0 spiro atoms. The molecule has 1 aromatic carbocycles. The van der Waals surface area contributed by atoms with Crippen LogP contribution in [0.2, 0.25) is 0 Å². The molecule has 1 saturated heterocycles. The second kappa shape index (κ2) is 6.46.